The monoisotopic (exact) mass is 355 g/mol. The molecule has 1 fully saturated rings. The number of piperidine rings is 1. The van der Waals surface area contributed by atoms with E-state index in [-0.39, 0.29) is 29.9 Å². The topological polar surface area (TPSA) is 84.7 Å². The standard InChI is InChI=1S/C17H23F2N3O3/c18-17(19)25-14-6-2-1-4-12(14)10-15(23)22-9-3-5-13(11-22)16(24)21-8-7-20/h1-2,4,6,13,17H,3,5,7-11,20H2,(H,21,24). The average Bonchev–Trinajstić information content (AvgIpc) is 2.61. The molecule has 0 spiro atoms. The molecular formula is C17H23F2N3O3. The van der Waals surface area contributed by atoms with E-state index in [1.54, 1.807) is 23.1 Å². The van der Waals surface area contributed by atoms with Crippen LogP contribution < -0.4 is 15.8 Å². The van der Waals surface area contributed by atoms with Crippen LogP contribution in [-0.2, 0) is 16.0 Å². The molecule has 1 saturated heterocycles. The lowest BCUT2D eigenvalue weighted by Gasteiger charge is -2.32. The Labute approximate surface area is 145 Å². The Balaban J connectivity index is 1.97. The van der Waals surface area contributed by atoms with Crippen LogP contribution in [0.25, 0.3) is 0 Å². The maximum absolute atomic E-state index is 12.5. The van der Waals surface area contributed by atoms with Gasteiger partial charge in [-0.05, 0) is 18.9 Å². The number of nitrogens with two attached hydrogens (primary N) is 1. The first kappa shape index (κ1) is 19.1. The van der Waals surface area contributed by atoms with Crippen LogP contribution >= 0.6 is 0 Å². The third-order valence-corrected chi connectivity index (χ3v) is 4.12. The third kappa shape index (κ3) is 5.67. The molecule has 138 valence electrons. The summed E-state index contributed by atoms with van der Waals surface area (Å²) in [7, 11) is 0. The van der Waals surface area contributed by atoms with Crippen LogP contribution in [0.5, 0.6) is 5.75 Å². The van der Waals surface area contributed by atoms with Crippen molar-refractivity contribution >= 4 is 11.8 Å². The molecule has 2 rings (SSSR count). The van der Waals surface area contributed by atoms with Crippen LogP contribution in [0.4, 0.5) is 8.78 Å². The van der Waals surface area contributed by atoms with E-state index in [1.807, 2.05) is 0 Å². The van der Waals surface area contributed by atoms with E-state index < -0.39 is 6.61 Å². The van der Waals surface area contributed by atoms with Crippen molar-refractivity contribution < 1.29 is 23.1 Å². The molecule has 0 aliphatic carbocycles. The van der Waals surface area contributed by atoms with Crippen molar-refractivity contribution in [3.63, 3.8) is 0 Å². The van der Waals surface area contributed by atoms with Gasteiger partial charge in [0.2, 0.25) is 11.8 Å². The lowest BCUT2D eigenvalue weighted by molar-refractivity contribution is -0.135. The Hall–Kier alpha value is -2.22. The molecule has 25 heavy (non-hydrogen) atoms. The van der Waals surface area contributed by atoms with Crippen LogP contribution in [0.2, 0.25) is 0 Å². The molecule has 0 bridgehead atoms. The second kappa shape index (κ2) is 9.31. The summed E-state index contributed by atoms with van der Waals surface area (Å²) in [5, 5.41) is 2.74. The molecule has 1 aromatic carbocycles. The molecule has 1 unspecified atom stereocenters. The number of rotatable bonds is 7. The molecule has 2 amide bonds. The number of halogens is 2. The van der Waals surface area contributed by atoms with Crippen LogP contribution in [-0.4, -0.2) is 49.5 Å². The van der Waals surface area contributed by atoms with E-state index in [0.717, 1.165) is 6.42 Å². The Morgan fingerprint density at radius 1 is 1.36 bits per heavy atom. The Morgan fingerprint density at radius 3 is 2.84 bits per heavy atom. The molecular weight excluding hydrogens is 332 g/mol. The number of hydrogen-bond acceptors (Lipinski definition) is 4. The average molecular weight is 355 g/mol. The highest BCUT2D eigenvalue weighted by Gasteiger charge is 2.28. The zero-order valence-corrected chi connectivity index (χ0v) is 13.9. The lowest BCUT2D eigenvalue weighted by atomic mass is 9.96. The third-order valence-electron chi connectivity index (χ3n) is 4.12. The number of hydrogen-bond donors (Lipinski definition) is 2. The predicted octanol–water partition coefficient (Wildman–Crippen LogP) is 1.14. The second-order valence-corrected chi connectivity index (χ2v) is 5.92. The number of likely N-dealkylation sites (tertiary alicyclic amines) is 1. The van der Waals surface area contributed by atoms with E-state index in [2.05, 4.69) is 10.1 Å². The number of carbonyl (C=O) groups is 2. The number of carbonyl (C=O) groups excluding carboxylic acids is 2. The molecule has 1 heterocycles. The van der Waals surface area contributed by atoms with Gasteiger partial charge in [0.25, 0.3) is 0 Å². The summed E-state index contributed by atoms with van der Waals surface area (Å²) in [5.74, 6) is -0.581. The highest BCUT2D eigenvalue weighted by molar-refractivity contribution is 5.82. The van der Waals surface area contributed by atoms with Gasteiger partial charge in [-0.25, -0.2) is 0 Å². The van der Waals surface area contributed by atoms with Crippen molar-refractivity contribution in [1.29, 1.82) is 0 Å². The molecule has 1 atom stereocenters. The van der Waals surface area contributed by atoms with E-state index in [0.29, 0.717) is 38.2 Å². The maximum Gasteiger partial charge on any atom is 0.387 e. The van der Waals surface area contributed by atoms with Crippen molar-refractivity contribution in [3.05, 3.63) is 29.8 Å². The fourth-order valence-electron chi connectivity index (χ4n) is 2.89. The Morgan fingerprint density at radius 2 is 2.12 bits per heavy atom. The number of nitrogens with zero attached hydrogens (tertiary/aromatic N) is 1. The number of ether oxygens (including phenoxy) is 1. The SMILES string of the molecule is NCCNC(=O)C1CCCN(C(=O)Cc2ccccc2OC(F)F)C1. The van der Waals surface area contributed by atoms with Gasteiger partial charge in [-0.3, -0.25) is 9.59 Å². The van der Waals surface area contributed by atoms with Gasteiger partial charge in [0.1, 0.15) is 5.75 Å². The highest BCUT2D eigenvalue weighted by Crippen LogP contribution is 2.23. The van der Waals surface area contributed by atoms with Gasteiger partial charge >= 0.3 is 6.61 Å². The molecule has 8 heteroatoms. The van der Waals surface area contributed by atoms with E-state index in [1.165, 1.54) is 6.07 Å². The Bertz CT molecular complexity index is 598. The van der Waals surface area contributed by atoms with Gasteiger partial charge in [-0.2, -0.15) is 8.78 Å². The fraction of sp³-hybridized carbons (Fsp3) is 0.529. The van der Waals surface area contributed by atoms with E-state index >= 15 is 0 Å². The minimum atomic E-state index is -2.94. The largest absolute Gasteiger partial charge is 0.435 e. The molecule has 3 N–H and O–H groups in total. The fourth-order valence-corrected chi connectivity index (χ4v) is 2.89. The van der Waals surface area contributed by atoms with Crippen LogP contribution in [0.3, 0.4) is 0 Å². The smallest absolute Gasteiger partial charge is 0.387 e. The van der Waals surface area contributed by atoms with Gasteiger partial charge in [0.15, 0.2) is 0 Å². The van der Waals surface area contributed by atoms with Crippen molar-refractivity contribution in [2.45, 2.75) is 25.9 Å². The molecule has 0 aromatic heterocycles. The van der Waals surface area contributed by atoms with Crippen molar-refractivity contribution in [2.24, 2.45) is 11.7 Å². The normalized spacial score (nSPS) is 17.4. The first-order valence-electron chi connectivity index (χ1n) is 8.29. The number of benzene rings is 1. The zero-order valence-electron chi connectivity index (χ0n) is 13.9. The van der Waals surface area contributed by atoms with Crippen molar-refractivity contribution in [2.75, 3.05) is 26.2 Å². The first-order chi connectivity index (χ1) is 12.0. The number of nitrogens with one attached hydrogen (secondary N) is 1. The Kier molecular flexibility index (Phi) is 7.12. The van der Waals surface area contributed by atoms with Gasteiger partial charge in [0, 0.05) is 31.7 Å². The molecule has 1 aliphatic rings. The summed E-state index contributed by atoms with van der Waals surface area (Å²) in [6, 6.07) is 6.24. The molecule has 6 nitrogen and oxygen atoms in total. The van der Waals surface area contributed by atoms with Crippen molar-refractivity contribution in [1.82, 2.24) is 10.2 Å². The zero-order chi connectivity index (χ0) is 18.2. The van der Waals surface area contributed by atoms with Crippen LogP contribution in [0, 0.1) is 5.92 Å². The summed E-state index contributed by atoms with van der Waals surface area (Å²) in [4.78, 5) is 26.2. The van der Waals surface area contributed by atoms with Crippen molar-refractivity contribution in [3.8, 4) is 5.75 Å². The summed E-state index contributed by atoms with van der Waals surface area (Å²) in [6.45, 7) is -1.30. The number of para-hydroxylation sites is 1. The van der Waals surface area contributed by atoms with Gasteiger partial charge in [-0.1, -0.05) is 18.2 Å². The summed E-state index contributed by atoms with van der Waals surface area (Å²) in [5.41, 5.74) is 5.78. The van der Waals surface area contributed by atoms with Crippen LogP contribution in [0.1, 0.15) is 18.4 Å². The second-order valence-electron chi connectivity index (χ2n) is 5.92. The van der Waals surface area contributed by atoms with E-state index in [9.17, 15) is 18.4 Å². The van der Waals surface area contributed by atoms with Crippen LogP contribution in [0.15, 0.2) is 24.3 Å². The quantitative estimate of drug-likeness (QED) is 0.768. The molecule has 1 aliphatic heterocycles. The predicted molar refractivity (Wildman–Crippen MR) is 88.1 cm³/mol. The summed E-state index contributed by atoms with van der Waals surface area (Å²) < 4.78 is 29.4. The maximum atomic E-state index is 12.5. The molecule has 0 saturated carbocycles. The molecule has 0 radical (unpaired) electrons. The van der Waals surface area contributed by atoms with Gasteiger partial charge in [0.05, 0.1) is 12.3 Å². The van der Waals surface area contributed by atoms with Gasteiger partial charge in [-0.15, -0.1) is 0 Å². The number of alkyl halides is 2. The summed E-state index contributed by atoms with van der Waals surface area (Å²) in [6.07, 6.45) is 1.40. The first-order valence-corrected chi connectivity index (χ1v) is 8.29. The number of amides is 2. The van der Waals surface area contributed by atoms with Gasteiger partial charge < -0.3 is 20.7 Å². The molecule has 1 aromatic rings. The van der Waals surface area contributed by atoms with E-state index in [4.69, 9.17) is 5.73 Å². The minimum absolute atomic E-state index is 0.0000910. The highest BCUT2D eigenvalue weighted by atomic mass is 19.3. The summed E-state index contributed by atoms with van der Waals surface area (Å²) >= 11 is 0. The minimum Gasteiger partial charge on any atom is -0.435 e. The lowest BCUT2D eigenvalue weighted by Crippen LogP contribution is -2.46.